The maximum atomic E-state index is 12.5. The van der Waals surface area contributed by atoms with Crippen LogP contribution in [0.1, 0.15) is 27.5 Å². The number of hydrogen-bond acceptors (Lipinski definition) is 5. The molecule has 3 heterocycles. The summed E-state index contributed by atoms with van der Waals surface area (Å²) in [6.45, 7) is 7.07. The van der Waals surface area contributed by atoms with Gasteiger partial charge < -0.3 is 14.4 Å². The van der Waals surface area contributed by atoms with Crippen molar-refractivity contribution in [2.75, 3.05) is 26.2 Å². The van der Waals surface area contributed by atoms with Gasteiger partial charge in [-0.2, -0.15) is 0 Å². The monoisotopic (exact) mass is 316 g/mol. The molecule has 1 aliphatic rings. The van der Waals surface area contributed by atoms with Crippen LogP contribution in [0.15, 0.2) is 27.5 Å². The number of aryl methyl sites for hydroxylation is 2. The first kappa shape index (κ1) is 15.5. The van der Waals surface area contributed by atoms with Crippen molar-refractivity contribution in [2.24, 2.45) is 0 Å². The maximum Gasteiger partial charge on any atom is 0.260 e. The van der Waals surface area contributed by atoms with Gasteiger partial charge in [-0.15, -0.1) is 0 Å². The molecule has 1 aliphatic heterocycles. The van der Waals surface area contributed by atoms with Gasteiger partial charge in [0.15, 0.2) is 0 Å². The number of aromatic nitrogens is 2. The maximum absolute atomic E-state index is 12.5. The zero-order valence-corrected chi connectivity index (χ0v) is 13.3. The number of nitrogens with zero attached hydrogens (tertiary/aromatic N) is 3. The van der Waals surface area contributed by atoms with Gasteiger partial charge in [-0.25, -0.2) is 0 Å². The lowest BCUT2D eigenvalue weighted by Gasteiger charge is -2.34. The van der Waals surface area contributed by atoms with Gasteiger partial charge in [0, 0.05) is 44.5 Å². The van der Waals surface area contributed by atoms with Gasteiger partial charge in [0.25, 0.3) is 11.5 Å². The fourth-order valence-electron chi connectivity index (χ4n) is 2.74. The van der Waals surface area contributed by atoms with Crippen LogP contribution in [0.5, 0.6) is 0 Å². The molecule has 2 aromatic heterocycles. The Morgan fingerprint density at radius 3 is 2.61 bits per heavy atom. The number of rotatable bonds is 3. The summed E-state index contributed by atoms with van der Waals surface area (Å²) in [6.07, 6.45) is 0. The lowest BCUT2D eigenvalue weighted by molar-refractivity contribution is 0.0624. The van der Waals surface area contributed by atoms with E-state index in [1.165, 1.54) is 0 Å². The molecule has 23 heavy (non-hydrogen) atoms. The van der Waals surface area contributed by atoms with E-state index in [1.54, 1.807) is 24.0 Å². The van der Waals surface area contributed by atoms with Crippen molar-refractivity contribution < 1.29 is 9.32 Å². The Bertz CT molecular complexity index is 757. The van der Waals surface area contributed by atoms with E-state index in [9.17, 15) is 9.59 Å². The van der Waals surface area contributed by atoms with E-state index in [-0.39, 0.29) is 17.0 Å². The molecule has 0 aliphatic carbocycles. The van der Waals surface area contributed by atoms with Crippen LogP contribution in [0.25, 0.3) is 0 Å². The number of hydrogen-bond donors (Lipinski definition) is 1. The van der Waals surface area contributed by atoms with Crippen LogP contribution in [-0.4, -0.2) is 52.0 Å². The third-order valence-electron chi connectivity index (χ3n) is 4.01. The van der Waals surface area contributed by atoms with Crippen LogP contribution in [0.2, 0.25) is 0 Å². The molecule has 0 unspecified atom stereocenters. The van der Waals surface area contributed by atoms with Crippen LogP contribution in [-0.2, 0) is 6.54 Å². The molecule has 2 aromatic rings. The van der Waals surface area contributed by atoms with E-state index in [2.05, 4.69) is 15.0 Å². The zero-order chi connectivity index (χ0) is 16.4. The summed E-state index contributed by atoms with van der Waals surface area (Å²) in [4.78, 5) is 31.0. The molecule has 0 saturated carbocycles. The van der Waals surface area contributed by atoms with Crippen LogP contribution >= 0.6 is 0 Å². The SMILES string of the molecule is Cc1ccc(C(=O)N2CCN(Cc3cc(C)on3)CC2)c(=O)[nH]1. The molecule has 1 fully saturated rings. The Balaban J connectivity index is 1.60. The highest BCUT2D eigenvalue weighted by Gasteiger charge is 2.24. The van der Waals surface area contributed by atoms with Gasteiger partial charge >= 0.3 is 0 Å². The van der Waals surface area contributed by atoms with Crippen molar-refractivity contribution in [1.29, 1.82) is 0 Å². The summed E-state index contributed by atoms with van der Waals surface area (Å²) in [7, 11) is 0. The van der Waals surface area contributed by atoms with Gasteiger partial charge in [0.1, 0.15) is 11.3 Å². The van der Waals surface area contributed by atoms with Gasteiger partial charge in [-0.05, 0) is 26.0 Å². The Morgan fingerprint density at radius 2 is 2.00 bits per heavy atom. The summed E-state index contributed by atoms with van der Waals surface area (Å²) in [5.41, 5.74) is 1.53. The van der Waals surface area contributed by atoms with Gasteiger partial charge in [-0.3, -0.25) is 14.5 Å². The first-order valence-corrected chi connectivity index (χ1v) is 7.66. The van der Waals surface area contributed by atoms with Crippen molar-refractivity contribution in [3.05, 3.63) is 51.3 Å². The fourth-order valence-corrected chi connectivity index (χ4v) is 2.74. The number of amides is 1. The largest absolute Gasteiger partial charge is 0.361 e. The first-order valence-electron chi connectivity index (χ1n) is 7.66. The Kier molecular flexibility index (Phi) is 4.29. The average molecular weight is 316 g/mol. The van der Waals surface area contributed by atoms with Crippen LogP contribution in [0.4, 0.5) is 0 Å². The van der Waals surface area contributed by atoms with Gasteiger partial charge in [-0.1, -0.05) is 5.16 Å². The molecule has 0 spiro atoms. The van der Waals surface area contributed by atoms with Crippen LogP contribution < -0.4 is 5.56 Å². The normalized spacial score (nSPS) is 15.8. The topological polar surface area (TPSA) is 82.4 Å². The first-order chi connectivity index (χ1) is 11.0. The van der Waals surface area contributed by atoms with Crippen molar-refractivity contribution in [3.8, 4) is 0 Å². The van der Waals surface area contributed by atoms with E-state index >= 15 is 0 Å². The minimum Gasteiger partial charge on any atom is -0.361 e. The average Bonchev–Trinajstić information content (AvgIpc) is 2.92. The zero-order valence-electron chi connectivity index (χ0n) is 13.3. The molecule has 1 amide bonds. The Labute approximate surface area is 133 Å². The lowest BCUT2D eigenvalue weighted by atomic mass is 10.2. The smallest absolute Gasteiger partial charge is 0.260 e. The second-order valence-corrected chi connectivity index (χ2v) is 5.88. The molecular weight excluding hydrogens is 296 g/mol. The third-order valence-corrected chi connectivity index (χ3v) is 4.01. The van der Waals surface area contributed by atoms with Crippen molar-refractivity contribution in [1.82, 2.24) is 19.9 Å². The molecule has 0 aromatic carbocycles. The standard InChI is InChI=1S/C16H20N4O3/c1-11-3-4-14(15(21)17-11)16(22)20-7-5-19(6-8-20)10-13-9-12(2)23-18-13/h3-4,9H,5-8,10H2,1-2H3,(H,17,21). The second-order valence-electron chi connectivity index (χ2n) is 5.88. The van der Waals surface area contributed by atoms with E-state index in [0.29, 0.717) is 19.6 Å². The number of H-pyrrole nitrogens is 1. The Morgan fingerprint density at radius 1 is 1.26 bits per heavy atom. The van der Waals surface area contributed by atoms with E-state index in [4.69, 9.17) is 4.52 Å². The highest BCUT2D eigenvalue weighted by Crippen LogP contribution is 2.10. The molecule has 3 rings (SSSR count). The number of aromatic amines is 1. The summed E-state index contributed by atoms with van der Waals surface area (Å²) >= 11 is 0. The fraction of sp³-hybridized carbons (Fsp3) is 0.438. The van der Waals surface area contributed by atoms with Gasteiger partial charge in [0.05, 0.1) is 5.69 Å². The summed E-state index contributed by atoms with van der Waals surface area (Å²) < 4.78 is 5.07. The molecule has 7 heteroatoms. The molecule has 7 nitrogen and oxygen atoms in total. The molecule has 0 radical (unpaired) electrons. The van der Waals surface area contributed by atoms with E-state index < -0.39 is 0 Å². The summed E-state index contributed by atoms with van der Waals surface area (Å²) in [5.74, 6) is 0.593. The van der Waals surface area contributed by atoms with E-state index in [1.807, 2.05) is 13.0 Å². The highest BCUT2D eigenvalue weighted by molar-refractivity contribution is 5.93. The van der Waals surface area contributed by atoms with Crippen molar-refractivity contribution in [3.63, 3.8) is 0 Å². The van der Waals surface area contributed by atoms with Gasteiger partial charge in [0.2, 0.25) is 0 Å². The predicted molar refractivity (Wildman–Crippen MR) is 84.2 cm³/mol. The molecule has 0 atom stereocenters. The van der Waals surface area contributed by atoms with Crippen molar-refractivity contribution in [2.45, 2.75) is 20.4 Å². The highest BCUT2D eigenvalue weighted by atomic mass is 16.5. The minimum absolute atomic E-state index is 0.205. The number of nitrogens with one attached hydrogen (secondary N) is 1. The Hall–Kier alpha value is -2.41. The molecule has 1 N–H and O–H groups in total. The molecular formula is C16H20N4O3. The summed E-state index contributed by atoms with van der Waals surface area (Å²) in [6, 6.07) is 5.27. The van der Waals surface area contributed by atoms with E-state index in [0.717, 1.165) is 30.2 Å². The number of carbonyl (C=O) groups is 1. The van der Waals surface area contributed by atoms with Crippen LogP contribution in [0, 0.1) is 13.8 Å². The molecule has 122 valence electrons. The summed E-state index contributed by atoms with van der Waals surface area (Å²) in [5, 5.41) is 3.99. The van der Waals surface area contributed by atoms with Crippen molar-refractivity contribution >= 4 is 5.91 Å². The number of piperazine rings is 1. The van der Waals surface area contributed by atoms with Crippen LogP contribution in [0.3, 0.4) is 0 Å². The number of carbonyl (C=O) groups excluding carboxylic acids is 1. The third kappa shape index (κ3) is 3.50. The predicted octanol–water partition coefficient (Wildman–Crippen LogP) is 0.938. The molecule has 1 saturated heterocycles. The lowest BCUT2D eigenvalue weighted by Crippen LogP contribution is -2.49. The quantitative estimate of drug-likeness (QED) is 0.911. The second kappa shape index (κ2) is 6.37. The number of pyridine rings is 1. The minimum atomic E-state index is -0.324. The molecule has 0 bridgehead atoms.